The van der Waals surface area contributed by atoms with Gasteiger partial charge in [0.2, 0.25) is 0 Å². The highest BCUT2D eigenvalue weighted by Crippen LogP contribution is 2.27. The van der Waals surface area contributed by atoms with Gasteiger partial charge in [-0.05, 0) is 38.5 Å². The van der Waals surface area contributed by atoms with Crippen LogP contribution >= 0.6 is 0 Å². The van der Waals surface area contributed by atoms with Gasteiger partial charge < -0.3 is 10.1 Å². The summed E-state index contributed by atoms with van der Waals surface area (Å²) in [4.78, 5) is 11.2. The maximum atomic E-state index is 11.2. The number of hydrogen-bond donors (Lipinski definition) is 1. The first kappa shape index (κ1) is 12.3. The van der Waals surface area contributed by atoms with Gasteiger partial charge >= 0.3 is 6.09 Å². The molecule has 1 amide bonds. The molecule has 1 saturated carbocycles. The Morgan fingerprint density at radius 2 is 1.93 bits per heavy atom. The van der Waals surface area contributed by atoms with E-state index < -0.39 is 0 Å². The number of rotatable bonds is 4. The minimum atomic E-state index is -0.253. The number of amides is 1. The number of carbonyl (C=O) groups excluding carboxylic acids is 1. The summed E-state index contributed by atoms with van der Waals surface area (Å²) in [7, 11) is 0. The van der Waals surface area contributed by atoms with Gasteiger partial charge in [-0.25, -0.2) is 4.79 Å². The Hall–Kier alpha value is -0.730. The lowest BCUT2D eigenvalue weighted by Crippen LogP contribution is -2.37. The van der Waals surface area contributed by atoms with Crippen LogP contribution in [0.25, 0.3) is 0 Å². The molecule has 0 saturated heterocycles. The predicted molar refractivity (Wildman–Crippen MR) is 60.8 cm³/mol. The molecule has 3 nitrogen and oxygen atoms in total. The van der Waals surface area contributed by atoms with Crippen LogP contribution in [-0.4, -0.2) is 18.7 Å². The maximum Gasteiger partial charge on any atom is 0.407 e. The molecule has 1 rings (SSSR count). The molecule has 0 aromatic heterocycles. The third-order valence-electron chi connectivity index (χ3n) is 3.14. The van der Waals surface area contributed by atoms with Crippen LogP contribution in [0.2, 0.25) is 0 Å². The first-order valence-corrected chi connectivity index (χ1v) is 6.19. The minimum Gasteiger partial charge on any atom is -0.450 e. The first-order valence-electron chi connectivity index (χ1n) is 6.19. The van der Waals surface area contributed by atoms with Gasteiger partial charge in [0.1, 0.15) is 0 Å². The predicted octanol–water partition coefficient (Wildman–Crippen LogP) is 3.09. The molecule has 0 aromatic carbocycles. The molecule has 0 atom stereocenters. The number of ether oxygens (including phenoxy) is 1. The second kappa shape index (κ2) is 6.70. The standard InChI is InChI=1S/C12H23NO2/c1-3-5-10-6-8-11(9-7-10)13-12(14)15-4-2/h10-11H,3-9H2,1-2H3,(H,13,14). The van der Waals surface area contributed by atoms with Crippen LogP contribution in [0, 0.1) is 5.92 Å². The van der Waals surface area contributed by atoms with E-state index in [1.165, 1.54) is 25.7 Å². The van der Waals surface area contributed by atoms with Crippen molar-refractivity contribution in [2.24, 2.45) is 5.92 Å². The van der Waals surface area contributed by atoms with E-state index in [4.69, 9.17) is 4.74 Å². The third kappa shape index (κ3) is 4.54. The van der Waals surface area contributed by atoms with Crippen molar-refractivity contribution in [3.05, 3.63) is 0 Å². The molecule has 1 N–H and O–H groups in total. The summed E-state index contributed by atoms with van der Waals surface area (Å²) >= 11 is 0. The summed E-state index contributed by atoms with van der Waals surface area (Å²) < 4.78 is 4.87. The Morgan fingerprint density at radius 1 is 1.27 bits per heavy atom. The Kier molecular flexibility index (Phi) is 5.51. The molecule has 0 spiro atoms. The summed E-state index contributed by atoms with van der Waals surface area (Å²) in [6.45, 7) is 4.53. The Balaban J connectivity index is 2.16. The third-order valence-corrected chi connectivity index (χ3v) is 3.14. The summed E-state index contributed by atoms with van der Waals surface area (Å²) in [5.74, 6) is 0.884. The van der Waals surface area contributed by atoms with Crippen LogP contribution in [0.3, 0.4) is 0 Å². The topological polar surface area (TPSA) is 38.3 Å². The van der Waals surface area contributed by atoms with E-state index in [9.17, 15) is 4.79 Å². The van der Waals surface area contributed by atoms with E-state index >= 15 is 0 Å². The molecule has 3 heteroatoms. The van der Waals surface area contributed by atoms with Crippen LogP contribution in [0.15, 0.2) is 0 Å². The zero-order valence-corrected chi connectivity index (χ0v) is 9.92. The van der Waals surface area contributed by atoms with Crippen LogP contribution in [0.5, 0.6) is 0 Å². The van der Waals surface area contributed by atoms with Gasteiger partial charge in [-0.2, -0.15) is 0 Å². The quantitative estimate of drug-likeness (QED) is 0.779. The molecule has 0 radical (unpaired) electrons. The maximum absolute atomic E-state index is 11.2. The zero-order chi connectivity index (χ0) is 11.1. The SMILES string of the molecule is CCCC1CCC(NC(=O)OCC)CC1. The second-order valence-electron chi connectivity index (χ2n) is 4.37. The van der Waals surface area contributed by atoms with Gasteiger partial charge in [0.15, 0.2) is 0 Å². The molecule has 15 heavy (non-hydrogen) atoms. The fourth-order valence-corrected chi connectivity index (χ4v) is 2.34. The molecule has 0 bridgehead atoms. The van der Waals surface area contributed by atoms with E-state index in [-0.39, 0.29) is 6.09 Å². The largest absolute Gasteiger partial charge is 0.450 e. The lowest BCUT2D eigenvalue weighted by Gasteiger charge is -2.28. The number of hydrogen-bond acceptors (Lipinski definition) is 2. The van der Waals surface area contributed by atoms with Gasteiger partial charge in [-0.1, -0.05) is 19.8 Å². The molecule has 1 aliphatic rings. The van der Waals surface area contributed by atoms with E-state index in [0.717, 1.165) is 18.8 Å². The van der Waals surface area contributed by atoms with E-state index in [1.54, 1.807) is 0 Å². The minimum absolute atomic E-state index is 0.253. The number of carbonyl (C=O) groups is 1. The van der Waals surface area contributed by atoms with Gasteiger partial charge in [-0.15, -0.1) is 0 Å². The van der Waals surface area contributed by atoms with Gasteiger partial charge in [0.25, 0.3) is 0 Å². The van der Waals surface area contributed by atoms with Crippen LogP contribution in [0.1, 0.15) is 52.4 Å². The van der Waals surface area contributed by atoms with Crippen LogP contribution < -0.4 is 5.32 Å². The van der Waals surface area contributed by atoms with Crippen LogP contribution in [-0.2, 0) is 4.74 Å². The van der Waals surface area contributed by atoms with Crippen molar-refractivity contribution in [3.8, 4) is 0 Å². The highest BCUT2D eigenvalue weighted by Gasteiger charge is 2.21. The molecular weight excluding hydrogens is 190 g/mol. The van der Waals surface area contributed by atoms with Crippen molar-refractivity contribution in [2.75, 3.05) is 6.61 Å². The Morgan fingerprint density at radius 3 is 2.47 bits per heavy atom. The second-order valence-corrected chi connectivity index (χ2v) is 4.37. The Labute approximate surface area is 92.6 Å². The average Bonchev–Trinajstić information content (AvgIpc) is 2.22. The summed E-state index contributed by atoms with van der Waals surface area (Å²) in [5, 5.41) is 2.92. The monoisotopic (exact) mass is 213 g/mol. The van der Waals surface area contributed by atoms with Crippen molar-refractivity contribution in [3.63, 3.8) is 0 Å². The molecular formula is C12H23NO2. The highest BCUT2D eigenvalue weighted by molar-refractivity contribution is 5.67. The molecule has 1 fully saturated rings. The van der Waals surface area contributed by atoms with Crippen molar-refractivity contribution in [1.29, 1.82) is 0 Å². The van der Waals surface area contributed by atoms with Crippen molar-refractivity contribution in [2.45, 2.75) is 58.4 Å². The van der Waals surface area contributed by atoms with E-state index in [0.29, 0.717) is 12.6 Å². The van der Waals surface area contributed by atoms with Crippen molar-refractivity contribution in [1.82, 2.24) is 5.32 Å². The first-order chi connectivity index (χ1) is 7.26. The summed E-state index contributed by atoms with van der Waals surface area (Å²) in [5.41, 5.74) is 0. The fourth-order valence-electron chi connectivity index (χ4n) is 2.34. The normalized spacial score (nSPS) is 26.0. The van der Waals surface area contributed by atoms with Crippen molar-refractivity contribution < 1.29 is 9.53 Å². The van der Waals surface area contributed by atoms with Crippen LogP contribution in [0.4, 0.5) is 4.79 Å². The molecule has 88 valence electrons. The van der Waals surface area contributed by atoms with E-state index in [1.807, 2.05) is 6.92 Å². The fraction of sp³-hybridized carbons (Fsp3) is 0.917. The smallest absolute Gasteiger partial charge is 0.407 e. The average molecular weight is 213 g/mol. The molecule has 0 heterocycles. The molecule has 1 aliphatic carbocycles. The molecule has 0 aromatic rings. The highest BCUT2D eigenvalue weighted by atomic mass is 16.5. The van der Waals surface area contributed by atoms with Crippen molar-refractivity contribution >= 4 is 6.09 Å². The summed E-state index contributed by atoms with van der Waals surface area (Å²) in [6.07, 6.45) is 7.10. The molecule has 0 aliphatic heterocycles. The zero-order valence-electron chi connectivity index (χ0n) is 9.92. The van der Waals surface area contributed by atoms with Gasteiger partial charge in [0.05, 0.1) is 6.61 Å². The lowest BCUT2D eigenvalue weighted by atomic mass is 9.83. The van der Waals surface area contributed by atoms with Gasteiger partial charge in [-0.3, -0.25) is 0 Å². The summed E-state index contributed by atoms with van der Waals surface area (Å²) in [6, 6.07) is 0.345. The number of nitrogens with one attached hydrogen (secondary N) is 1. The van der Waals surface area contributed by atoms with Gasteiger partial charge in [0, 0.05) is 6.04 Å². The number of alkyl carbamates (subject to hydrolysis) is 1. The lowest BCUT2D eigenvalue weighted by molar-refractivity contribution is 0.142. The Bertz CT molecular complexity index is 186. The molecule has 0 unspecified atom stereocenters. The van der Waals surface area contributed by atoms with E-state index in [2.05, 4.69) is 12.2 Å².